The van der Waals surface area contributed by atoms with Gasteiger partial charge in [-0.3, -0.25) is 0 Å². The van der Waals surface area contributed by atoms with Crippen LogP contribution in [0.4, 0.5) is 0 Å². The predicted octanol–water partition coefficient (Wildman–Crippen LogP) is 8.76. The van der Waals surface area contributed by atoms with Crippen molar-refractivity contribution in [2.75, 3.05) is 0 Å². The molecule has 0 aliphatic heterocycles. The summed E-state index contributed by atoms with van der Waals surface area (Å²) in [6.45, 7) is 47.5. The smallest absolute Gasteiger partial charge is 0.0613 e. The predicted molar refractivity (Wildman–Crippen MR) is 222 cm³/mol. The van der Waals surface area contributed by atoms with E-state index in [1.807, 2.05) is 166 Å². The van der Waals surface area contributed by atoms with Gasteiger partial charge < -0.3 is 40.9 Å². The second-order valence-electron chi connectivity index (χ2n) is 24.0. The topological polar surface area (TPSA) is 162 Å². The largest absolute Gasteiger partial charge is 0.392 e. The third-order valence-corrected chi connectivity index (χ3v) is 9.78. The van der Waals surface area contributed by atoms with Gasteiger partial charge in [0.05, 0.1) is 48.8 Å². The summed E-state index contributed by atoms with van der Waals surface area (Å²) >= 11 is 0. The summed E-state index contributed by atoms with van der Waals surface area (Å²) in [5.41, 5.74) is -1.17. The molecule has 0 amide bonds. The zero-order chi connectivity index (χ0) is 43.4. The average molecular weight is 844 g/mol. The molecular formula is C44H96O8Zr. The summed E-state index contributed by atoms with van der Waals surface area (Å²) in [5.74, 6) is 0. The van der Waals surface area contributed by atoms with Crippen LogP contribution in [0.5, 0.6) is 0 Å². The second-order valence-corrected chi connectivity index (χ2v) is 24.0. The van der Waals surface area contributed by atoms with Crippen molar-refractivity contribution in [3.63, 3.8) is 0 Å². The Bertz CT molecular complexity index is 689. The van der Waals surface area contributed by atoms with E-state index in [-0.39, 0.29) is 69.5 Å². The first kappa shape index (κ1) is 62.8. The third kappa shape index (κ3) is 32.2. The van der Waals surface area contributed by atoms with Crippen LogP contribution in [0, 0.1) is 43.3 Å². The van der Waals surface area contributed by atoms with Crippen LogP contribution in [-0.4, -0.2) is 89.7 Å². The zero-order valence-electron chi connectivity index (χ0n) is 39.5. The zero-order valence-corrected chi connectivity index (χ0v) is 42.0. The summed E-state index contributed by atoms with van der Waals surface area (Å²) in [6.07, 6.45) is -1.74. The van der Waals surface area contributed by atoms with E-state index in [0.29, 0.717) is 25.7 Å². The van der Waals surface area contributed by atoms with E-state index in [2.05, 4.69) is 0 Å². The summed E-state index contributed by atoms with van der Waals surface area (Å²) in [4.78, 5) is 0. The molecule has 0 bridgehead atoms. The Kier molecular flexibility index (Phi) is 28.2. The van der Waals surface area contributed by atoms with Crippen LogP contribution in [0.15, 0.2) is 0 Å². The van der Waals surface area contributed by atoms with E-state index >= 15 is 0 Å². The van der Waals surface area contributed by atoms with E-state index in [1.54, 1.807) is 0 Å². The Morgan fingerprint density at radius 1 is 0.208 bits per heavy atom. The maximum atomic E-state index is 9.76. The summed E-state index contributed by atoms with van der Waals surface area (Å²) in [7, 11) is 0. The van der Waals surface area contributed by atoms with Crippen molar-refractivity contribution in [2.24, 2.45) is 43.3 Å². The maximum absolute atomic E-state index is 9.76. The molecule has 0 spiro atoms. The Morgan fingerprint density at radius 2 is 0.264 bits per heavy atom. The first-order chi connectivity index (χ1) is 22.2. The molecule has 0 fully saturated rings. The van der Waals surface area contributed by atoms with Crippen molar-refractivity contribution in [1.29, 1.82) is 0 Å². The van der Waals surface area contributed by atoms with Crippen LogP contribution < -0.4 is 0 Å². The normalized spacial score (nSPS) is 18.1. The second kappa shape index (κ2) is 23.8. The van der Waals surface area contributed by atoms with E-state index in [9.17, 15) is 40.9 Å². The van der Waals surface area contributed by atoms with E-state index < -0.39 is 48.8 Å². The fourth-order valence-electron chi connectivity index (χ4n) is 3.67. The Morgan fingerprint density at radius 3 is 0.302 bits per heavy atom. The fraction of sp³-hybridized carbons (Fsp3) is 1.00. The molecule has 0 rings (SSSR count). The van der Waals surface area contributed by atoms with Gasteiger partial charge >= 0.3 is 0 Å². The van der Waals surface area contributed by atoms with Crippen molar-refractivity contribution in [2.45, 2.75) is 241 Å². The van der Waals surface area contributed by atoms with Crippen molar-refractivity contribution >= 4 is 0 Å². The van der Waals surface area contributed by atoms with Gasteiger partial charge in [0.2, 0.25) is 0 Å². The average Bonchev–Trinajstić information content (AvgIpc) is 2.85. The van der Waals surface area contributed by atoms with Crippen LogP contribution in [0.3, 0.4) is 0 Å². The van der Waals surface area contributed by atoms with Crippen LogP contribution in [0.1, 0.15) is 192 Å². The molecule has 8 nitrogen and oxygen atoms in total. The quantitative estimate of drug-likeness (QED) is 0.120. The molecule has 8 atom stereocenters. The summed E-state index contributed by atoms with van der Waals surface area (Å²) in [6, 6.07) is 0. The van der Waals surface area contributed by atoms with Crippen molar-refractivity contribution in [3.8, 4) is 0 Å². The third-order valence-electron chi connectivity index (χ3n) is 9.78. The minimum Gasteiger partial charge on any atom is -0.392 e. The molecule has 0 aromatic heterocycles. The standard InChI is InChI=1S/4C11H24O2.Zr/c4*1-10(2,3)8(12)7-9(13)11(4,5)6;/h4*8-9,12-13H,7H2,1-6H3;. The van der Waals surface area contributed by atoms with Crippen LogP contribution in [0.25, 0.3) is 0 Å². The van der Waals surface area contributed by atoms with Gasteiger partial charge in [0.25, 0.3) is 0 Å². The molecule has 0 saturated carbocycles. The molecular weight excluding hydrogens is 748 g/mol. The van der Waals surface area contributed by atoms with Gasteiger partial charge in [0.15, 0.2) is 0 Å². The molecule has 324 valence electrons. The number of rotatable bonds is 8. The van der Waals surface area contributed by atoms with Gasteiger partial charge in [-0.05, 0) is 43.3 Å². The molecule has 9 heteroatoms. The van der Waals surface area contributed by atoms with Gasteiger partial charge in [0, 0.05) is 51.9 Å². The first-order valence-corrected chi connectivity index (χ1v) is 19.6. The molecule has 53 heavy (non-hydrogen) atoms. The van der Waals surface area contributed by atoms with Crippen LogP contribution >= 0.6 is 0 Å². The van der Waals surface area contributed by atoms with Gasteiger partial charge in [-0.15, -0.1) is 0 Å². The number of hydrogen-bond donors (Lipinski definition) is 8. The first-order valence-electron chi connectivity index (χ1n) is 19.6. The number of aliphatic hydroxyl groups is 8. The minimum atomic E-state index is -0.443. The maximum Gasteiger partial charge on any atom is 0.0613 e. The van der Waals surface area contributed by atoms with Crippen molar-refractivity contribution in [1.82, 2.24) is 0 Å². The van der Waals surface area contributed by atoms with Crippen molar-refractivity contribution in [3.05, 3.63) is 0 Å². The summed E-state index contributed by atoms with van der Waals surface area (Å²) in [5, 5.41) is 78.1. The number of aliphatic hydroxyl groups excluding tert-OH is 8. The van der Waals surface area contributed by atoms with E-state index in [4.69, 9.17) is 0 Å². The van der Waals surface area contributed by atoms with Gasteiger partial charge in [-0.25, -0.2) is 0 Å². The van der Waals surface area contributed by atoms with Gasteiger partial charge in [0.1, 0.15) is 0 Å². The Labute approximate surface area is 349 Å². The van der Waals surface area contributed by atoms with E-state index in [1.165, 1.54) is 0 Å². The molecule has 0 aliphatic carbocycles. The minimum absolute atomic E-state index is 0. The monoisotopic (exact) mass is 843 g/mol. The molecule has 0 aliphatic rings. The van der Waals surface area contributed by atoms with Crippen molar-refractivity contribution < 1.29 is 67.1 Å². The van der Waals surface area contributed by atoms with E-state index in [0.717, 1.165) is 0 Å². The molecule has 8 unspecified atom stereocenters. The molecule has 0 aromatic carbocycles. The van der Waals surface area contributed by atoms with Gasteiger partial charge in [-0.2, -0.15) is 0 Å². The van der Waals surface area contributed by atoms with Crippen LogP contribution in [0.2, 0.25) is 0 Å². The van der Waals surface area contributed by atoms with Gasteiger partial charge in [-0.1, -0.05) is 166 Å². The fourth-order valence-corrected chi connectivity index (χ4v) is 3.67. The molecule has 0 aromatic rings. The molecule has 0 saturated heterocycles. The van der Waals surface area contributed by atoms with Crippen LogP contribution in [-0.2, 0) is 26.2 Å². The Balaban J connectivity index is -0.000000192. The number of hydrogen-bond acceptors (Lipinski definition) is 8. The molecule has 0 heterocycles. The summed E-state index contributed by atoms with van der Waals surface area (Å²) < 4.78 is 0. The molecule has 8 N–H and O–H groups in total. The molecule has 0 radical (unpaired) electrons. The SMILES string of the molecule is CC(C)(C)C(O)CC(O)C(C)(C)C.CC(C)(C)C(O)CC(O)C(C)(C)C.CC(C)(C)C(O)CC(O)C(C)(C)C.CC(C)(C)C(O)CC(O)C(C)(C)C.[Zr]. The Hall–Kier alpha value is 0.563.